The van der Waals surface area contributed by atoms with Crippen molar-refractivity contribution in [2.75, 3.05) is 20.1 Å². The molecule has 0 heterocycles. The van der Waals surface area contributed by atoms with Gasteiger partial charge in [0, 0.05) is 19.1 Å². The van der Waals surface area contributed by atoms with E-state index in [1.165, 1.54) is 25.7 Å². The van der Waals surface area contributed by atoms with Crippen molar-refractivity contribution in [3.05, 3.63) is 0 Å². The van der Waals surface area contributed by atoms with Crippen LogP contribution in [0.2, 0.25) is 0 Å². The Morgan fingerprint density at radius 2 is 2.12 bits per heavy atom. The molecule has 1 fully saturated rings. The topological polar surface area (TPSA) is 58.4 Å². The lowest BCUT2D eigenvalue weighted by molar-refractivity contribution is -0.122. The first kappa shape index (κ1) is 14.5. The number of nitrogens with two attached hydrogens (primary N) is 1. The van der Waals surface area contributed by atoms with Crippen molar-refractivity contribution in [3.63, 3.8) is 0 Å². The van der Waals surface area contributed by atoms with Crippen LogP contribution in [0, 0.1) is 0 Å². The molecular formula is C13H27N3O. The predicted molar refractivity (Wildman–Crippen MR) is 70.8 cm³/mol. The zero-order valence-corrected chi connectivity index (χ0v) is 11.2. The van der Waals surface area contributed by atoms with E-state index in [9.17, 15) is 4.79 Å². The summed E-state index contributed by atoms with van der Waals surface area (Å²) >= 11 is 0. The van der Waals surface area contributed by atoms with Gasteiger partial charge in [-0.25, -0.2) is 0 Å². The molecule has 1 atom stereocenters. The summed E-state index contributed by atoms with van der Waals surface area (Å²) in [5.74, 6) is -0.00771. The third-order valence-corrected chi connectivity index (χ3v) is 3.65. The van der Waals surface area contributed by atoms with Crippen molar-refractivity contribution < 1.29 is 4.79 Å². The summed E-state index contributed by atoms with van der Waals surface area (Å²) in [5, 5.41) is 2.92. The fourth-order valence-electron chi connectivity index (χ4n) is 2.46. The van der Waals surface area contributed by atoms with Gasteiger partial charge in [0.25, 0.3) is 0 Å². The molecular weight excluding hydrogens is 214 g/mol. The van der Waals surface area contributed by atoms with Gasteiger partial charge in [-0.1, -0.05) is 26.2 Å². The zero-order valence-electron chi connectivity index (χ0n) is 11.2. The van der Waals surface area contributed by atoms with Crippen LogP contribution in [-0.2, 0) is 4.79 Å². The second-order valence-corrected chi connectivity index (χ2v) is 5.11. The average Bonchev–Trinajstić information content (AvgIpc) is 2.82. The minimum Gasteiger partial charge on any atom is -0.353 e. The lowest BCUT2D eigenvalue weighted by Crippen LogP contribution is -2.44. The van der Waals surface area contributed by atoms with Crippen LogP contribution in [0.1, 0.15) is 45.4 Å². The van der Waals surface area contributed by atoms with Crippen molar-refractivity contribution in [2.45, 2.75) is 57.5 Å². The van der Waals surface area contributed by atoms with E-state index in [1.54, 1.807) is 0 Å². The molecule has 17 heavy (non-hydrogen) atoms. The lowest BCUT2D eigenvalue weighted by Gasteiger charge is -2.24. The number of nitrogens with one attached hydrogen (secondary N) is 1. The fourth-order valence-corrected chi connectivity index (χ4v) is 2.46. The number of carbonyl (C=O) groups is 1. The molecule has 1 aliphatic rings. The van der Waals surface area contributed by atoms with Crippen LogP contribution >= 0.6 is 0 Å². The highest BCUT2D eigenvalue weighted by Gasteiger charge is 2.19. The van der Waals surface area contributed by atoms with Gasteiger partial charge < -0.3 is 16.0 Å². The smallest absolute Gasteiger partial charge is 0.236 e. The fraction of sp³-hybridized carbons (Fsp3) is 0.923. The first-order valence-corrected chi connectivity index (χ1v) is 6.88. The zero-order chi connectivity index (χ0) is 12.7. The number of rotatable bonds is 7. The van der Waals surface area contributed by atoms with Gasteiger partial charge in [0.15, 0.2) is 0 Å². The van der Waals surface area contributed by atoms with Gasteiger partial charge in [0.1, 0.15) is 0 Å². The summed E-state index contributed by atoms with van der Waals surface area (Å²) in [6, 6.07) is 0.382. The van der Waals surface area contributed by atoms with Crippen molar-refractivity contribution in [2.24, 2.45) is 5.73 Å². The number of likely N-dealkylation sites (N-methyl/N-ethyl adjacent to an activating group) is 1. The first-order valence-electron chi connectivity index (χ1n) is 6.88. The predicted octanol–water partition coefficient (Wildman–Crippen LogP) is 1.10. The Kier molecular flexibility index (Phi) is 6.52. The van der Waals surface area contributed by atoms with E-state index in [2.05, 4.69) is 17.3 Å². The Morgan fingerprint density at radius 1 is 1.47 bits per heavy atom. The molecule has 100 valence electrons. The third-order valence-electron chi connectivity index (χ3n) is 3.65. The average molecular weight is 241 g/mol. The third kappa shape index (κ3) is 5.04. The number of amides is 1. The largest absolute Gasteiger partial charge is 0.353 e. The van der Waals surface area contributed by atoms with Crippen molar-refractivity contribution in [1.29, 1.82) is 0 Å². The molecule has 1 rings (SSSR count). The van der Waals surface area contributed by atoms with Gasteiger partial charge in [-0.05, 0) is 26.3 Å². The maximum absolute atomic E-state index is 11.6. The molecule has 0 spiro atoms. The molecule has 0 bridgehead atoms. The van der Waals surface area contributed by atoms with E-state index in [-0.39, 0.29) is 11.9 Å². The Hall–Kier alpha value is -0.610. The van der Waals surface area contributed by atoms with Gasteiger partial charge in [0.05, 0.1) is 6.04 Å². The molecule has 0 aromatic rings. The van der Waals surface area contributed by atoms with Gasteiger partial charge in [-0.2, -0.15) is 0 Å². The maximum Gasteiger partial charge on any atom is 0.236 e. The summed E-state index contributed by atoms with van der Waals surface area (Å²) in [5.41, 5.74) is 5.74. The molecule has 1 amide bonds. The highest BCUT2D eigenvalue weighted by Crippen LogP contribution is 2.21. The van der Waals surface area contributed by atoms with Crippen LogP contribution < -0.4 is 11.1 Å². The number of hydrogen-bond acceptors (Lipinski definition) is 3. The van der Waals surface area contributed by atoms with Gasteiger partial charge in [-0.3, -0.25) is 4.79 Å². The van der Waals surface area contributed by atoms with Crippen LogP contribution in [0.3, 0.4) is 0 Å². The summed E-state index contributed by atoms with van der Waals surface area (Å²) in [4.78, 5) is 13.9. The number of nitrogens with zero attached hydrogens (tertiary/aromatic N) is 1. The van der Waals surface area contributed by atoms with Gasteiger partial charge in [-0.15, -0.1) is 0 Å². The highest BCUT2D eigenvalue weighted by molar-refractivity contribution is 5.81. The SMILES string of the molecule is CCCC(N)C(=O)NCCN(C)C1CCCC1. The summed E-state index contributed by atoms with van der Waals surface area (Å²) < 4.78 is 0. The summed E-state index contributed by atoms with van der Waals surface area (Å²) in [6.07, 6.45) is 7.03. The molecule has 4 nitrogen and oxygen atoms in total. The van der Waals surface area contributed by atoms with Crippen molar-refractivity contribution in [3.8, 4) is 0 Å². The highest BCUT2D eigenvalue weighted by atomic mass is 16.2. The molecule has 0 saturated heterocycles. The van der Waals surface area contributed by atoms with Crippen LogP contribution in [-0.4, -0.2) is 43.0 Å². The minimum atomic E-state index is -0.336. The summed E-state index contributed by atoms with van der Waals surface area (Å²) in [7, 11) is 2.15. The van der Waals surface area contributed by atoms with Crippen LogP contribution in [0.4, 0.5) is 0 Å². The lowest BCUT2D eigenvalue weighted by atomic mass is 10.1. The number of hydrogen-bond donors (Lipinski definition) is 2. The van der Waals surface area contributed by atoms with Crippen LogP contribution in [0.15, 0.2) is 0 Å². The minimum absolute atomic E-state index is 0.00771. The molecule has 0 radical (unpaired) electrons. The van der Waals surface area contributed by atoms with Crippen LogP contribution in [0.25, 0.3) is 0 Å². The Morgan fingerprint density at radius 3 is 2.71 bits per heavy atom. The van der Waals surface area contributed by atoms with Crippen molar-refractivity contribution >= 4 is 5.91 Å². The maximum atomic E-state index is 11.6. The number of carbonyl (C=O) groups excluding carboxylic acids is 1. The summed E-state index contributed by atoms with van der Waals surface area (Å²) in [6.45, 7) is 3.68. The first-order chi connectivity index (χ1) is 8.15. The van der Waals surface area contributed by atoms with Crippen LogP contribution in [0.5, 0.6) is 0 Å². The molecule has 4 heteroatoms. The molecule has 3 N–H and O–H groups in total. The molecule has 0 aromatic heterocycles. The van der Waals surface area contributed by atoms with Gasteiger partial charge >= 0.3 is 0 Å². The standard InChI is InChI=1S/C13H27N3O/c1-3-6-12(14)13(17)15-9-10-16(2)11-7-4-5-8-11/h11-12H,3-10,14H2,1-2H3,(H,15,17). The van der Waals surface area contributed by atoms with Gasteiger partial charge in [0.2, 0.25) is 5.91 Å². The monoisotopic (exact) mass is 241 g/mol. The molecule has 0 aromatic carbocycles. The Labute approximate surface area is 105 Å². The molecule has 0 aliphatic heterocycles. The van der Waals surface area contributed by atoms with Crippen molar-refractivity contribution in [1.82, 2.24) is 10.2 Å². The van der Waals surface area contributed by atoms with E-state index in [0.717, 1.165) is 25.4 Å². The molecule has 1 unspecified atom stereocenters. The van der Waals surface area contributed by atoms with E-state index >= 15 is 0 Å². The van der Waals surface area contributed by atoms with E-state index in [0.29, 0.717) is 6.54 Å². The quantitative estimate of drug-likeness (QED) is 0.702. The van der Waals surface area contributed by atoms with E-state index in [4.69, 9.17) is 5.73 Å². The second-order valence-electron chi connectivity index (χ2n) is 5.11. The molecule has 1 saturated carbocycles. The van der Waals surface area contributed by atoms with E-state index in [1.807, 2.05) is 6.92 Å². The normalized spacial score (nSPS) is 18.6. The van der Waals surface area contributed by atoms with E-state index < -0.39 is 0 Å². The molecule has 1 aliphatic carbocycles. The Bertz CT molecular complexity index is 227. The second kappa shape index (κ2) is 7.67. The Balaban J connectivity index is 2.11.